The number of methoxy groups -OCH3 is 1. The smallest absolute Gasteiger partial charge is 0.306 e. The number of pyridine rings is 1. The number of rotatable bonds is 7. The second-order valence-electron chi connectivity index (χ2n) is 7.09. The summed E-state index contributed by atoms with van der Waals surface area (Å²) in [4.78, 5) is 24.9. The van der Waals surface area contributed by atoms with Crippen LogP contribution in [0.1, 0.15) is 43.0 Å². The second kappa shape index (κ2) is 8.75. The molecule has 0 aliphatic rings. The topological polar surface area (TPSA) is 88.8 Å². The zero-order valence-corrected chi connectivity index (χ0v) is 16.2. The zero-order chi connectivity index (χ0) is 20.1. The van der Waals surface area contributed by atoms with E-state index < -0.39 is 11.9 Å². The molecule has 146 valence electrons. The van der Waals surface area contributed by atoms with Crippen LogP contribution in [0.4, 0.5) is 0 Å². The molecule has 2 N–H and O–H groups in total. The molecule has 6 heteroatoms. The highest BCUT2D eigenvalue weighted by molar-refractivity contribution is 5.70. The van der Waals surface area contributed by atoms with Gasteiger partial charge in [0.2, 0.25) is 0 Å². The molecule has 0 aliphatic heterocycles. The van der Waals surface area contributed by atoms with Gasteiger partial charge in [-0.2, -0.15) is 0 Å². The highest BCUT2D eigenvalue weighted by atomic mass is 16.5. The van der Waals surface area contributed by atoms with Crippen LogP contribution in [-0.2, 0) is 22.5 Å². The number of carbonyl (C=O) groups is 1. The Hall–Kier alpha value is -2.76. The monoisotopic (exact) mass is 373 g/mol. The number of phenolic OH excluding ortho intramolecular Hbond substituents is 1. The highest BCUT2D eigenvalue weighted by Crippen LogP contribution is 2.32. The molecule has 1 aromatic heterocycles. The molecule has 0 bridgehead atoms. The molecule has 0 radical (unpaired) electrons. The molecule has 27 heavy (non-hydrogen) atoms. The number of aromatic nitrogens is 1. The minimum absolute atomic E-state index is 0.0176. The lowest BCUT2D eigenvalue weighted by atomic mass is 9.85. The van der Waals surface area contributed by atoms with Crippen molar-refractivity contribution in [3.05, 3.63) is 57.5 Å². The Balaban J connectivity index is 2.38. The van der Waals surface area contributed by atoms with Gasteiger partial charge in [0.1, 0.15) is 11.5 Å². The first-order chi connectivity index (χ1) is 12.7. The molecular formula is C21H27NO5. The number of hydrogen-bond donors (Lipinski definition) is 2. The molecule has 6 nitrogen and oxygen atoms in total. The van der Waals surface area contributed by atoms with Crippen LogP contribution >= 0.6 is 0 Å². The van der Waals surface area contributed by atoms with Crippen LogP contribution in [0.25, 0.3) is 0 Å². The molecule has 1 heterocycles. The number of aromatic hydroxyl groups is 2. The first-order valence-corrected chi connectivity index (χ1v) is 9.02. The summed E-state index contributed by atoms with van der Waals surface area (Å²) in [7, 11) is 1.31. The van der Waals surface area contributed by atoms with E-state index in [0.29, 0.717) is 18.7 Å². The van der Waals surface area contributed by atoms with E-state index in [1.165, 1.54) is 7.11 Å². The average molecular weight is 373 g/mol. The van der Waals surface area contributed by atoms with Crippen LogP contribution in [0.2, 0.25) is 0 Å². The van der Waals surface area contributed by atoms with Gasteiger partial charge in [0, 0.05) is 18.2 Å². The number of benzene rings is 1. The summed E-state index contributed by atoms with van der Waals surface area (Å²) < 4.78 is 6.37. The fraction of sp³-hybridized carbons (Fsp3) is 0.429. The van der Waals surface area contributed by atoms with Crippen molar-refractivity contribution in [2.45, 2.75) is 46.1 Å². The van der Waals surface area contributed by atoms with Gasteiger partial charge < -0.3 is 19.5 Å². The highest BCUT2D eigenvalue weighted by Gasteiger charge is 2.27. The Labute approximate surface area is 159 Å². The lowest BCUT2D eigenvalue weighted by molar-refractivity contribution is -0.141. The molecule has 1 atom stereocenters. The van der Waals surface area contributed by atoms with Crippen molar-refractivity contribution in [3.63, 3.8) is 0 Å². The Morgan fingerprint density at radius 1 is 1.19 bits per heavy atom. The van der Waals surface area contributed by atoms with Crippen molar-refractivity contribution in [1.29, 1.82) is 0 Å². The first-order valence-electron chi connectivity index (χ1n) is 9.02. The molecule has 0 amide bonds. The molecule has 2 aromatic rings. The minimum atomic E-state index is -0.425. The fourth-order valence-electron chi connectivity index (χ4n) is 3.23. The van der Waals surface area contributed by atoms with Gasteiger partial charge in [0.15, 0.2) is 0 Å². The third-order valence-corrected chi connectivity index (χ3v) is 4.87. The summed E-state index contributed by atoms with van der Waals surface area (Å²) in [5, 5.41) is 19.8. The van der Waals surface area contributed by atoms with Gasteiger partial charge in [-0.15, -0.1) is 0 Å². The third-order valence-electron chi connectivity index (χ3n) is 4.87. The van der Waals surface area contributed by atoms with Crippen LogP contribution < -0.4 is 5.56 Å². The van der Waals surface area contributed by atoms with Gasteiger partial charge in [-0.1, -0.05) is 26.0 Å². The lowest BCUT2D eigenvalue weighted by Gasteiger charge is -2.22. The number of esters is 1. The summed E-state index contributed by atoms with van der Waals surface area (Å²) >= 11 is 0. The summed E-state index contributed by atoms with van der Waals surface area (Å²) in [6, 6.07) is 8.41. The molecule has 0 fully saturated rings. The van der Waals surface area contributed by atoms with E-state index in [4.69, 9.17) is 4.74 Å². The molecule has 0 aliphatic carbocycles. The molecule has 0 spiro atoms. The van der Waals surface area contributed by atoms with Crippen molar-refractivity contribution < 1.29 is 19.7 Å². The van der Waals surface area contributed by atoms with E-state index in [1.54, 1.807) is 29.7 Å². The molecule has 0 saturated carbocycles. The summed E-state index contributed by atoms with van der Waals surface area (Å²) in [5.41, 5.74) is 1.62. The van der Waals surface area contributed by atoms with E-state index in [1.807, 2.05) is 26.0 Å². The molecule has 1 aromatic carbocycles. The maximum atomic E-state index is 13.1. The Bertz CT molecular complexity index is 852. The summed E-state index contributed by atoms with van der Waals surface area (Å²) in [6.45, 7) is 6.03. The predicted octanol–water partition coefficient (Wildman–Crippen LogP) is 3.11. The fourth-order valence-corrected chi connectivity index (χ4v) is 3.23. The van der Waals surface area contributed by atoms with Crippen molar-refractivity contribution >= 4 is 5.97 Å². The van der Waals surface area contributed by atoms with E-state index in [2.05, 4.69) is 0 Å². The van der Waals surface area contributed by atoms with Gasteiger partial charge in [-0.05, 0) is 43.0 Å². The SMILES string of the molecule is COC(=O)CC(c1c(O)cc(C)n(CCc2ccc(O)cc2)c1=O)C(C)C. The van der Waals surface area contributed by atoms with Crippen LogP contribution in [0.15, 0.2) is 35.1 Å². The number of hydrogen-bond acceptors (Lipinski definition) is 5. The number of ether oxygens (including phenoxy) is 1. The Morgan fingerprint density at radius 2 is 1.81 bits per heavy atom. The van der Waals surface area contributed by atoms with Crippen LogP contribution in [-0.4, -0.2) is 27.9 Å². The molecule has 2 rings (SSSR count). The van der Waals surface area contributed by atoms with E-state index in [-0.39, 0.29) is 35.0 Å². The third kappa shape index (κ3) is 4.90. The second-order valence-corrected chi connectivity index (χ2v) is 7.09. The van der Waals surface area contributed by atoms with E-state index in [9.17, 15) is 19.8 Å². The average Bonchev–Trinajstić information content (AvgIpc) is 2.61. The molecule has 1 unspecified atom stereocenters. The minimum Gasteiger partial charge on any atom is -0.508 e. The van der Waals surface area contributed by atoms with Gasteiger partial charge >= 0.3 is 5.97 Å². The van der Waals surface area contributed by atoms with Gasteiger partial charge in [-0.3, -0.25) is 9.59 Å². The standard InChI is InChI=1S/C21H27NO5/c1-13(2)17(12-19(25)27-4)20-18(24)11-14(3)22(21(20)26)10-9-15-5-7-16(23)8-6-15/h5-8,11,13,17,23-24H,9-10,12H2,1-4H3. The largest absolute Gasteiger partial charge is 0.508 e. The maximum Gasteiger partial charge on any atom is 0.306 e. The first kappa shape index (κ1) is 20.6. The Kier molecular flexibility index (Phi) is 6.66. The predicted molar refractivity (Wildman–Crippen MR) is 103 cm³/mol. The maximum absolute atomic E-state index is 13.1. The van der Waals surface area contributed by atoms with E-state index in [0.717, 1.165) is 5.56 Å². The van der Waals surface area contributed by atoms with Crippen LogP contribution in [0, 0.1) is 12.8 Å². The lowest BCUT2D eigenvalue weighted by Crippen LogP contribution is -2.30. The van der Waals surface area contributed by atoms with E-state index >= 15 is 0 Å². The molecule has 0 saturated heterocycles. The summed E-state index contributed by atoms with van der Waals surface area (Å²) in [6.07, 6.45) is 0.645. The summed E-state index contributed by atoms with van der Waals surface area (Å²) in [5.74, 6) is -0.743. The van der Waals surface area contributed by atoms with Crippen LogP contribution in [0.5, 0.6) is 11.5 Å². The number of phenols is 1. The Morgan fingerprint density at radius 3 is 2.37 bits per heavy atom. The van der Waals surface area contributed by atoms with Gasteiger partial charge in [0.25, 0.3) is 5.56 Å². The number of nitrogens with zero attached hydrogens (tertiary/aromatic N) is 1. The normalized spacial score (nSPS) is 12.2. The van der Waals surface area contributed by atoms with Gasteiger partial charge in [-0.25, -0.2) is 0 Å². The van der Waals surface area contributed by atoms with Crippen LogP contribution in [0.3, 0.4) is 0 Å². The van der Waals surface area contributed by atoms with Crippen molar-refractivity contribution in [2.75, 3.05) is 7.11 Å². The number of carbonyl (C=O) groups excluding carboxylic acids is 1. The van der Waals surface area contributed by atoms with Crippen molar-refractivity contribution in [1.82, 2.24) is 4.57 Å². The van der Waals surface area contributed by atoms with Gasteiger partial charge in [0.05, 0.1) is 19.1 Å². The quantitative estimate of drug-likeness (QED) is 0.728. The molecular weight excluding hydrogens is 346 g/mol. The zero-order valence-electron chi connectivity index (χ0n) is 16.2. The van der Waals surface area contributed by atoms with Crippen molar-refractivity contribution in [2.24, 2.45) is 5.92 Å². The van der Waals surface area contributed by atoms with Crippen molar-refractivity contribution in [3.8, 4) is 11.5 Å². The number of aryl methyl sites for hydroxylation is 2.